The minimum absolute atomic E-state index is 0.0698. The van der Waals surface area contributed by atoms with Gasteiger partial charge >= 0.3 is 0 Å². The third-order valence-electron chi connectivity index (χ3n) is 4.35. The highest BCUT2D eigenvalue weighted by Gasteiger charge is 2.24. The van der Waals surface area contributed by atoms with E-state index >= 15 is 0 Å². The van der Waals surface area contributed by atoms with Crippen LogP contribution in [0.5, 0.6) is 5.75 Å². The van der Waals surface area contributed by atoms with Gasteiger partial charge in [0.15, 0.2) is 0 Å². The van der Waals surface area contributed by atoms with E-state index < -0.39 is 0 Å². The summed E-state index contributed by atoms with van der Waals surface area (Å²) in [5.74, 6) is 1.44. The van der Waals surface area contributed by atoms with Crippen LogP contribution in [0.3, 0.4) is 0 Å². The molecule has 1 aliphatic heterocycles. The number of hydrogen-bond donors (Lipinski definition) is 1. The maximum atomic E-state index is 12.0. The van der Waals surface area contributed by atoms with Crippen LogP contribution in [0, 0.1) is 0 Å². The zero-order valence-electron chi connectivity index (χ0n) is 13.9. The van der Waals surface area contributed by atoms with Crippen molar-refractivity contribution in [2.24, 2.45) is 0 Å². The van der Waals surface area contributed by atoms with Crippen molar-refractivity contribution in [3.05, 3.63) is 66.2 Å². The van der Waals surface area contributed by atoms with Crippen molar-refractivity contribution in [3.63, 3.8) is 0 Å². The zero-order valence-corrected chi connectivity index (χ0v) is 13.9. The Balaban J connectivity index is 1.34. The number of ether oxygens (including phenoxy) is 1. The first-order valence-corrected chi connectivity index (χ1v) is 8.53. The lowest BCUT2D eigenvalue weighted by molar-refractivity contribution is -0.122. The molecule has 0 bridgehead atoms. The molecular formula is C20H24N2O2. The first-order chi connectivity index (χ1) is 11.8. The molecule has 126 valence electrons. The second kappa shape index (κ2) is 8.50. The maximum absolute atomic E-state index is 12.0. The lowest BCUT2D eigenvalue weighted by Gasteiger charge is -2.16. The summed E-state index contributed by atoms with van der Waals surface area (Å²) in [6.45, 7) is 3.42. The SMILES string of the molecule is O=C(CN1CC[C@@H](c2ccccc2)C1)NCCOc1ccccc1. The summed E-state index contributed by atoms with van der Waals surface area (Å²) in [6.07, 6.45) is 1.12. The van der Waals surface area contributed by atoms with Gasteiger partial charge in [0.05, 0.1) is 13.1 Å². The minimum Gasteiger partial charge on any atom is -0.492 e. The lowest BCUT2D eigenvalue weighted by Crippen LogP contribution is -2.37. The number of rotatable bonds is 7. The molecule has 1 fully saturated rings. The van der Waals surface area contributed by atoms with Gasteiger partial charge < -0.3 is 10.1 Å². The van der Waals surface area contributed by atoms with Gasteiger partial charge in [0.25, 0.3) is 0 Å². The molecule has 2 aromatic rings. The fourth-order valence-electron chi connectivity index (χ4n) is 3.11. The van der Waals surface area contributed by atoms with Crippen LogP contribution in [0.25, 0.3) is 0 Å². The monoisotopic (exact) mass is 324 g/mol. The molecule has 4 nitrogen and oxygen atoms in total. The van der Waals surface area contributed by atoms with Gasteiger partial charge in [0.1, 0.15) is 12.4 Å². The van der Waals surface area contributed by atoms with E-state index in [1.54, 1.807) is 0 Å². The average molecular weight is 324 g/mol. The number of nitrogens with one attached hydrogen (secondary N) is 1. The van der Waals surface area contributed by atoms with E-state index in [1.807, 2.05) is 36.4 Å². The number of hydrogen-bond acceptors (Lipinski definition) is 3. The lowest BCUT2D eigenvalue weighted by atomic mass is 9.99. The van der Waals surface area contributed by atoms with Crippen molar-refractivity contribution in [2.45, 2.75) is 12.3 Å². The number of amides is 1. The van der Waals surface area contributed by atoms with Gasteiger partial charge in [0.2, 0.25) is 5.91 Å². The topological polar surface area (TPSA) is 41.6 Å². The van der Waals surface area contributed by atoms with E-state index in [4.69, 9.17) is 4.74 Å². The van der Waals surface area contributed by atoms with Crippen LogP contribution < -0.4 is 10.1 Å². The molecule has 1 N–H and O–H groups in total. The fraction of sp³-hybridized carbons (Fsp3) is 0.350. The minimum atomic E-state index is 0.0698. The molecule has 1 aliphatic rings. The van der Waals surface area contributed by atoms with E-state index in [-0.39, 0.29) is 5.91 Å². The molecule has 2 aromatic carbocycles. The molecule has 4 heteroatoms. The van der Waals surface area contributed by atoms with Crippen molar-refractivity contribution in [1.82, 2.24) is 10.2 Å². The second-order valence-corrected chi connectivity index (χ2v) is 6.14. The third kappa shape index (κ3) is 4.83. The van der Waals surface area contributed by atoms with E-state index in [1.165, 1.54) is 5.56 Å². The molecule has 3 rings (SSSR count). The highest BCUT2D eigenvalue weighted by atomic mass is 16.5. The average Bonchev–Trinajstić information content (AvgIpc) is 3.09. The fourth-order valence-corrected chi connectivity index (χ4v) is 3.11. The smallest absolute Gasteiger partial charge is 0.234 e. The Morgan fingerprint density at radius 2 is 1.79 bits per heavy atom. The van der Waals surface area contributed by atoms with Crippen LogP contribution in [0.1, 0.15) is 17.9 Å². The number of nitrogens with zero attached hydrogens (tertiary/aromatic N) is 1. The molecule has 1 saturated heterocycles. The molecule has 24 heavy (non-hydrogen) atoms. The van der Waals surface area contributed by atoms with Gasteiger partial charge in [-0.25, -0.2) is 0 Å². The summed E-state index contributed by atoms with van der Waals surface area (Å²) in [7, 11) is 0. The number of carbonyl (C=O) groups excluding carboxylic acids is 1. The van der Waals surface area contributed by atoms with Gasteiger partial charge in [-0.05, 0) is 36.6 Å². The quantitative estimate of drug-likeness (QED) is 0.796. The molecule has 1 heterocycles. The molecule has 1 amide bonds. The molecule has 0 spiro atoms. The van der Waals surface area contributed by atoms with Crippen molar-refractivity contribution in [3.8, 4) is 5.75 Å². The molecule has 0 aromatic heterocycles. The summed E-state index contributed by atoms with van der Waals surface area (Å²) in [5.41, 5.74) is 1.37. The van der Waals surface area contributed by atoms with Gasteiger partial charge in [-0.15, -0.1) is 0 Å². The molecule has 1 atom stereocenters. The Morgan fingerprint density at radius 1 is 1.08 bits per heavy atom. The van der Waals surface area contributed by atoms with E-state index in [0.717, 1.165) is 25.3 Å². The summed E-state index contributed by atoms with van der Waals surface area (Å²) in [4.78, 5) is 14.3. The largest absolute Gasteiger partial charge is 0.492 e. The summed E-state index contributed by atoms with van der Waals surface area (Å²) in [5, 5.41) is 2.93. The van der Waals surface area contributed by atoms with Crippen LogP contribution in [0.2, 0.25) is 0 Å². The second-order valence-electron chi connectivity index (χ2n) is 6.14. The van der Waals surface area contributed by atoms with Crippen molar-refractivity contribution in [2.75, 3.05) is 32.8 Å². The normalized spacial score (nSPS) is 17.6. The van der Waals surface area contributed by atoms with Crippen molar-refractivity contribution in [1.29, 1.82) is 0 Å². The number of carbonyl (C=O) groups is 1. The Hall–Kier alpha value is -2.33. The summed E-state index contributed by atoms with van der Waals surface area (Å²) >= 11 is 0. The van der Waals surface area contributed by atoms with Gasteiger partial charge in [-0.1, -0.05) is 48.5 Å². The number of benzene rings is 2. The van der Waals surface area contributed by atoms with Crippen LogP contribution in [-0.2, 0) is 4.79 Å². The third-order valence-corrected chi connectivity index (χ3v) is 4.35. The van der Waals surface area contributed by atoms with Crippen LogP contribution in [0.4, 0.5) is 0 Å². The number of likely N-dealkylation sites (tertiary alicyclic amines) is 1. The van der Waals surface area contributed by atoms with E-state index in [0.29, 0.717) is 25.6 Å². The predicted molar refractivity (Wildman–Crippen MR) is 95.2 cm³/mol. The Kier molecular flexibility index (Phi) is 5.85. The van der Waals surface area contributed by atoms with Crippen molar-refractivity contribution >= 4 is 5.91 Å². The summed E-state index contributed by atoms with van der Waals surface area (Å²) in [6, 6.07) is 20.2. The standard InChI is InChI=1S/C20H24N2O2/c23-20(21-12-14-24-19-9-5-2-6-10-19)16-22-13-11-18(15-22)17-7-3-1-4-8-17/h1-10,18H,11-16H2,(H,21,23)/t18-/m1/s1. The van der Waals surface area contributed by atoms with E-state index in [9.17, 15) is 4.79 Å². The van der Waals surface area contributed by atoms with E-state index in [2.05, 4.69) is 34.5 Å². The molecular weight excluding hydrogens is 300 g/mol. The van der Waals surface area contributed by atoms with Gasteiger partial charge in [-0.2, -0.15) is 0 Å². The Labute approximate surface area is 143 Å². The first-order valence-electron chi connectivity index (χ1n) is 8.53. The number of para-hydroxylation sites is 1. The predicted octanol–water partition coefficient (Wildman–Crippen LogP) is 2.67. The van der Waals surface area contributed by atoms with Crippen LogP contribution in [0.15, 0.2) is 60.7 Å². The molecule has 0 saturated carbocycles. The first kappa shape index (κ1) is 16.5. The summed E-state index contributed by atoms with van der Waals surface area (Å²) < 4.78 is 5.57. The Morgan fingerprint density at radius 3 is 2.54 bits per heavy atom. The van der Waals surface area contributed by atoms with Crippen LogP contribution in [-0.4, -0.2) is 43.6 Å². The van der Waals surface area contributed by atoms with Gasteiger partial charge in [0, 0.05) is 6.54 Å². The van der Waals surface area contributed by atoms with Crippen molar-refractivity contribution < 1.29 is 9.53 Å². The van der Waals surface area contributed by atoms with Crippen LogP contribution >= 0.6 is 0 Å². The highest BCUT2D eigenvalue weighted by molar-refractivity contribution is 5.78. The molecule has 0 aliphatic carbocycles. The van der Waals surface area contributed by atoms with Gasteiger partial charge in [-0.3, -0.25) is 9.69 Å². The highest BCUT2D eigenvalue weighted by Crippen LogP contribution is 2.26. The maximum Gasteiger partial charge on any atom is 0.234 e. The molecule has 0 unspecified atom stereocenters. The Bertz CT molecular complexity index is 631. The molecule has 0 radical (unpaired) electrons. The zero-order chi connectivity index (χ0) is 16.6.